The van der Waals surface area contributed by atoms with Crippen molar-refractivity contribution < 1.29 is 33.3 Å². The third-order valence-corrected chi connectivity index (χ3v) is 5.61. The van der Waals surface area contributed by atoms with E-state index in [0.717, 1.165) is 16.0 Å². The zero-order valence-corrected chi connectivity index (χ0v) is 21.2. The summed E-state index contributed by atoms with van der Waals surface area (Å²) < 4.78 is 21.6. The normalized spacial score (nSPS) is 10.1. The Morgan fingerprint density at radius 3 is 1.54 bits per heavy atom. The minimum Gasteiger partial charge on any atom is -0.493 e. The topological polar surface area (TPSA) is 104 Å². The maximum atomic E-state index is 13.3. The number of carbonyl (C=O) groups excluding carboxylic acids is 3. The molecule has 0 radical (unpaired) electrons. The quantitative estimate of drug-likeness (QED) is 0.192. The Morgan fingerprint density at radius 2 is 1.10 bits per heavy atom. The maximum Gasteiger partial charge on any atom is 0.429 e. The summed E-state index contributed by atoms with van der Waals surface area (Å²) in [6, 6.07) is 27.1. The molecule has 0 unspecified atom stereocenters. The number of hydrogen-bond donors (Lipinski definition) is 0. The molecule has 0 heterocycles. The molecule has 39 heavy (non-hydrogen) atoms. The highest BCUT2D eigenvalue weighted by Gasteiger charge is 2.29. The highest BCUT2D eigenvalue weighted by molar-refractivity contribution is 6.10. The van der Waals surface area contributed by atoms with Crippen LogP contribution in [0.25, 0.3) is 0 Å². The Hall–Kier alpha value is -5.40. The van der Waals surface area contributed by atoms with Crippen molar-refractivity contribution in [3.63, 3.8) is 0 Å². The molecule has 0 aromatic heterocycles. The van der Waals surface area contributed by atoms with Gasteiger partial charge in [0.2, 0.25) is 6.08 Å². The Labute approximate surface area is 224 Å². The number of hydrogen-bond acceptors (Lipinski definition) is 8. The van der Waals surface area contributed by atoms with Crippen molar-refractivity contribution in [3.05, 3.63) is 108 Å². The van der Waals surface area contributed by atoms with Gasteiger partial charge in [-0.1, -0.05) is 48.5 Å². The van der Waals surface area contributed by atoms with E-state index in [4.69, 9.17) is 18.9 Å². The highest BCUT2D eigenvalue weighted by Crippen LogP contribution is 2.30. The third kappa shape index (κ3) is 6.68. The lowest BCUT2D eigenvalue weighted by molar-refractivity contribution is 0.188. The van der Waals surface area contributed by atoms with E-state index in [1.807, 2.05) is 12.1 Å². The molecular formula is C30H24N2O7. The van der Waals surface area contributed by atoms with E-state index in [-0.39, 0.29) is 17.2 Å². The van der Waals surface area contributed by atoms with E-state index in [1.54, 1.807) is 84.9 Å². The van der Waals surface area contributed by atoms with E-state index in [1.165, 1.54) is 20.3 Å². The predicted molar refractivity (Wildman–Crippen MR) is 144 cm³/mol. The molecule has 2 amide bonds. The molecule has 0 saturated carbocycles. The van der Waals surface area contributed by atoms with Crippen molar-refractivity contribution in [1.82, 2.24) is 0 Å². The van der Waals surface area contributed by atoms with Gasteiger partial charge >= 0.3 is 12.2 Å². The summed E-state index contributed by atoms with van der Waals surface area (Å²) in [5.74, 6) is 0.923. The van der Waals surface area contributed by atoms with Gasteiger partial charge in [0, 0.05) is 0 Å². The molecule has 0 spiro atoms. The Kier molecular flexibility index (Phi) is 8.69. The zero-order valence-electron chi connectivity index (χ0n) is 21.2. The SMILES string of the molecule is COc1ccccc1OC(=O)N(C(=O)Oc1ccccc1OC)c1ccc(Cc2ccc(N=C=O)cc2)cc1. The van der Waals surface area contributed by atoms with Gasteiger partial charge in [-0.3, -0.25) is 0 Å². The Balaban J connectivity index is 1.60. The number of nitrogens with zero attached hydrogens (tertiary/aromatic N) is 2. The molecule has 0 bridgehead atoms. The molecule has 0 saturated heterocycles. The van der Waals surface area contributed by atoms with Crippen molar-refractivity contribution in [2.75, 3.05) is 19.1 Å². The second-order valence-corrected chi connectivity index (χ2v) is 8.09. The van der Waals surface area contributed by atoms with Crippen molar-refractivity contribution in [2.24, 2.45) is 4.99 Å². The fourth-order valence-corrected chi connectivity index (χ4v) is 3.71. The summed E-state index contributed by atoms with van der Waals surface area (Å²) in [5.41, 5.74) is 2.65. The number of para-hydroxylation sites is 4. The van der Waals surface area contributed by atoms with Gasteiger partial charge in [0.15, 0.2) is 23.0 Å². The largest absolute Gasteiger partial charge is 0.493 e. The molecule has 0 N–H and O–H groups in total. The zero-order chi connectivity index (χ0) is 27.6. The van der Waals surface area contributed by atoms with Gasteiger partial charge < -0.3 is 18.9 Å². The molecule has 9 heteroatoms. The molecule has 0 aliphatic carbocycles. The average molecular weight is 525 g/mol. The number of isocyanates is 1. The maximum absolute atomic E-state index is 13.3. The first-order valence-corrected chi connectivity index (χ1v) is 11.8. The first-order chi connectivity index (χ1) is 19.0. The number of aliphatic imine (C=N–C) groups is 1. The van der Waals surface area contributed by atoms with Crippen LogP contribution in [0.4, 0.5) is 21.0 Å². The molecule has 4 aromatic carbocycles. The van der Waals surface area contributed by atoms with Crippen LogP contribution in [0.2, 0.25) is 0 Å². The molecule has 9 nitrogen and oxygen atoms in total. The molecule has 4 rings (SSSR count). The predicted octanol–water partition coefficient (Wildman–Crippen LogP) is 6.47. The van der Waals surface area contributed by atoms with Crippen LogP contribution < -0.4 is 23.8 Å². The van der Waals surface area contributed by atoms with Crippen LogP contribution in [-0.4, -0.2) is 32.5 Å². The van der Waals surface area contributed by atoms with Gasteiger partial charge in [-0.25, -0.2) is 14.4 Å². The van der Waals surface area contributed by atoms with Crippen LogP contribution in [-0.2, 0) is 11.2 Å². The summed E-state index contributed by atoms with van der Waals surface area (Å²) in [6.45, 7) is 0. The van der Waals surface area contributed by atoms with Crippen molar-refractivity contribution in [1.29, 1.82) is 0 Å². The van der Waals surface area contributed by atoms with E-state index in [0.29, 0.717) is 23.6 Å². The van der Waals surface area contributed by atoms with Crippen LogP contribution in [0, 0.1) is 0 Å². The van der Waals surface area contributed by atoms with Crippen LogP contribution in [0.1, 0.15) is 11.1 Å². The number of anilines is 1. The lowest BCUT2D eigenvalue weighted by Crippen LogP contribution is -2.41. The number of benzene rings is 4. The molecule has 0 aliphatic rings. The Morgan fingerprint density at radius 1 is 0.667 bits per heavy atom. The molecule has 0 fully saturated rings. The summed E-state index contributed by atoms with van der Waals surface area (Å²) >= 11 is 0. The van der Waals surface area contributed by atoms with Crippen molar-refractivity contribution in [2.45, 2.75) is 6.42 Å². The number of amides is 2. The van der Waals surface area contributed by atoms with Crippen LogP contribution in [0.15, 0.2) is 102 Å². The third-order valence-electron chi connectivity index (χ3n) is 5.61. The minimum atomic E-state index is -0.988. The van der Waals surface area contributed by atoms with Crippen molar-refractivity contribution >= 4 is 29.6 Å². The van der Waals surface area contributed by atoms with E-state index >= 15 is 0 Å². The number of methoxy groups -OCH3 is 2. The summed E-state index contributed by atoms with van der Waals surface area (Å²) in [5, 5.41) is 0. The lowest BCUT2D eigenvalue weighted by atomic mass is 10.0. The summed E-state index contributed by atoms with van der Waals surface area (Å²) in [4.78, 5) is 41.4. The standard InChI is InChI=1S/C30H24N2O7/c1-36-25-7-3-5-9-27(25)38-29(34)32(30(35)39-28-10-6-4-8-26(28)37-2)24-17-13-22(14-18-24)19-21-11-15-23(16-12-21)31-20-33/h3-18H,19H2,1-2H3. The Bertz CT molecular complexity index is 1430. The van der Waals surface area contributed by atoms with Crippen LogP contribution in [0.3, 0.4) is 0 Å². The van der Waals surface area contributed by atoms with E-state index in [2.05, 4.69) is 4.99 Å². The number of rotatable bonds is 8. The van der Waals surface area contributed by atoms with Crippen LogP contribution >= 0.6 is 0 Å². The second-order valence-electron chi connectivity index (χ2n) is 8.09. The minimum absolute atomic E-state index is 0.138. The summed E-state index contributed by atoms with van der Waals surface area (Å²) in [6.07, 6.45) is 0.109. The van der Waals surface area contributed by atoms with Gasteiger partial charge in [-0.2, -0.15) is 9.89 Å². The van der Waals surface area contributed by atoms with E-state index < -0.39 is 12.2 Å². The van der Waals surface area contributed by atoms with Gasteiger partial charge in [0.25, 0.3) is 0 Å². The van der Waals surface area contributed by atoms with E-state index in [9.17, 15) is 14.4 Å². The molecule has 196 valence electrons. The van der Waals surface area contributed by atoms with Gasteiger partial charge in [-0.05, 0) is 66.1 Å². The first kappa shape index (κ1) is 26.7. The lowest BCUT2D eigenvalue weighted by Gasteiger charge is -2.21. The number of imide groups is 1. The second kappa shape index (κ2) is 12.7. The fourth-order valence-electron chi connectivity index (χ4n) is 3.71. The molecular weight excluding hydrogens is 500 g/mol. The number of ether oxygens (including phenoxy) is 4. The smallest absolute Gasteiger partial charge is 0.429 e. The molecule has 0 aliphatic heterocycles. The average Bonchev–Trinajstić information content (AvgIpc) is 2.96. The first-order valence-electron chi connectivity index (χ1n) is 11.8. The highest BCUT2D eigenvalue weighted by atomic mass is 16.6. The van der Waals surface area contributed by atoms with Gasteiger partial charge in [-0.15, -0.1) is 0 Å². The summed E-state index contributed by atoms with van der Waals surface area (Å²) in [7, 11) is 2.89. The molecule has 4 aromatic rings. The fraction of sp³-hybridized carbons (Fsp3) is 0.100. The monoisotopic (exact) mass is 524 g/mol. The van der Waals surface area contributed by atoms with Gasteiger partial charge in [0.1, 0.15) is 0 Å². The van der Waals surface area contributed by atoms with Crippen LogP contribution in [0.5, 0.6) is 23.0 Å². The number of carbonyl (C=O) groups is 2. The molecule has 0 atom stereocenters. The van der Waals surface area contributed by atoms with Crippen molar-refractivity contribution in [3.8, 4) is 23.0 Å². The van der Waals surface area contributed by atoms with Gasteiger partial charge in [0.05, 0.1) is 25.6 Å².